The molecule has 1 fully saturated rings. The number of quaternary nitrogens is 1. The number of methoxy groups -OCH3 is 2. The van der Waals surface area contributed by atoms with Gasteiger partial charge in [-0.3, -0.25) is 9.59 Å². The van der Waals surface area contributed by atoms with Crippen LogP contribution < -0.4 is 19.5 Å². The van der Waals surface area contributed by atoms with Crippen molar-refractivity contribution in [1.82, 2.24) is 4.90 Å². The van der Waals surface area contributed by atoms with E-state index in [4.69, 9.17) is 9.47 Å². The van der Waals surface area contributed by atoms with E-state index < -0.39 is 23.5 Å². The number of carbonyl (C=O) groups excluding carboxylic acids is 2. The average Bonchev–Trinajstić information content (AvgIpc) is 3.11. The third-order valence-electron chi connectivity index (χ3n) is 6.23. The highest BCUT2D eigenvalue weighted by Crippen LogP contribution is 2.43. The van der Waals surface area contributed by atoms with Crippen molar-refractivity contribution < 1.29 is 29.1 Å². The van der Waals surface area contributed by atoms with Crippen LogP contribution in [0.3, 0.4) is 0 Å². The first-order chi connectivity index (χ1) is 16.0. The molecule has 1 aliphatic heterocycles. The molecule has 0 aromatic heterocycles. The quantitative estimate of drug-likeness (QED) is 0.333. The predicted octanol–water partition coefficient (Wildman–Crippen LogP) is 1.24. The molecule has 0 aliphatic carbocycles. The molecule has 7 heteroatoms. The Labute approximate surface area is 195 Å². The Bertz CT molecular complexity index is 1010. The lowest BCUT2D eigenvalue weighted by molar-refractivity contribution is -0.896. The highest BCUT2D eigenvalue weighted by molar-refractivity contribution is 6.46. The number of carbonyl (C=O) groups is 2. The summed E-state index contributed by atoms with van der Waals surface area (Å²) in [6, 6.07) is 12.9. The second kappa shape index (κ2) is 11.0. The maximum Gasteiger partial charge on any atom is 0.295 e. The standard InChI is InChI=1S/C26H32N2O5/c1-5-27(6-2)15-10-16-28-23(20-17-19(32-3)13-14-21(20)33-4)22(25(30)26(28)31)24(29)18-11-8-7-9-12-18/h7-9,11-14,17,23,29H,5-6,10,15-16H2,1-4H3. The first-order valence-corrected chi connectivity index (χ1v) is 11.3. The van der Waals surface area contributed by atoms with Gasteiger partial charge in [0.05, 0.1) is 39.9 Å². The minimum Gasteiger partial charge on any atom is -0.872 e. The number of hydrogen-bond acceptors (Lipinski definition) is 5. The zero-order valence-corrected chi connectivity index (χ0v) is 19.7. The molecule has 0 saturated carbocycles. The lowest BCUT2D eigenvalue weighted by Crippen LogP contribution is -3.11. The van der Waals surface area contributed by atoms with Gasteiger partial charge in [-0.25, -0.2) is 0 Å². The number of benzene rings is 2. The molecule has 0 bridgehead atoms. The van der Waals surface area contributed by atoms with Gasteiger partial charge in [0.15, 0.2) is 0 Å². The van der Waals surface area contributed by atoms with E-state index in [1.165, 1.54) is 16.9 Å². The highest BCUT2D eigenvalue weighted by Gasteiger charge is 2.45. The van der Waals surface area contributed by atoms with Crippen molar-refractivity contribution in [3.05, 3.63) is 65.2 Å². The van der Waals surface area contributed by atoms with Crippen molar-refractivity contribution in [3.63, 3.8) is 0 Å². The molecule has 3 rings (SSSR count). The number of rotatable bonds is 10. The monoisotopic (exact) mass is 452 g/mol. The van der Waals surface area contributed by atoms with Crippen LogP contribution in [0, 0.1) is 0 Å². The predicted molar refractivity (Wildman–Crippen MR) is 124 cm³/mol. The molecule has 7 nitrogen and oxygen atoms in total. The van der Waals surface area contributed by atoms with Crippen LogP contribution in [-0.2, 0) is 9.59 Å². The zero-order valence-electron chi connectivity index (χ0n) is 19.7. The van der Waals surface area contributed by atoms with Crippen molar-refractivity contribution in [1.29, 1.82) is 0 Å². The van der Waals surface area contributed by atoms with Crippen molar-refractivity contribution in [2.45, 2.75) is 26.3 Å². The van der Waals surface area contributed by atoms with Gasteiger partial charge in [0.2, 0.25) is 5.78 Å². The van der Waals surface area contributed by atoms with Gasteiger partial charge in [0, 0.05) is 24.1 Å². The van der Waals surface area contributed by atoms with E-state index in [1.54, 1.807) is 55.6 Å². The van der Waals surface area contributed by atoms with E-state index in [0.717, 1.165) is 19.6 Å². The van der Waals surface area contributed by atoms with Crippen LogP contribution in [0.5, 0.6) is 11.5 Å². The Kier molecular flexibility index (Phi) is 8.11. The molecule has 1 atom stereocenters. The Morgan fingerprint density at radius 2 is 1.73 bits per heavy atom. The second-order valence-electron chi connectivity index (χ2n) is 8.01. The van der Waals surface area contributed by atoms with E-state index in [-0.39, 0.29) is 5.57 Å². The fraction of sp³-hybridized carbons (Fsp3) is 0.385. The normalized spacial score (nSPS) is 17.6. The summed E-state index contributed by atoms with van der Waals surface area (Å²) in [6.07, 6.45) is 0.714. The van der Waals surface area contributed by atoms with E-state index in [2.05, 4.69) is 13.8 Å². The molecular formula is C26H32N2O5. The summed E-state index contributed by atoms with van der Waals surface area (Å²) < 4.78 is 10.9. The number of likely N-dealkylation sites (tertiary alicyclic amines) is 1. The number of Topliss-reactive ketones (excluding diaryl/α,β-unsaturated/α-hetero) is 1. The van der Waals surface area contributed by atoms with Crippen LogP contribution in [0.4, 0.5) is 0 Å². The van der Waals surface area contributed by atoms with Gasteiger partial charge >= 0.3 is 0 Å². The molecule has 176 valence electrons. The molecule has 1 heterocycles. The molecule has 0 radical (unpaired) electrons. The first-order valence-electron chi connectivity index (χ1n) is 11.3. The van der Waals surface area contributed by atoms with Crippen molar-refractivity contribution >= 4 is 17.4 Å². The lowest BCUT2D eigenvalue weighted by atomic mass is 9.94. The molecule has 1 unspecified atom stereocenters. The summed E-state index contributed by atoms with van der Waals surface area (Å²) in [7, 11) is 3.07. The van der Waals surface area contributed by atoms with Gasteiger partial charge in [0.25, 0.3) is 5.91 Å². The molecule has 2 aromatic rings. The van der Waals surface area contributed by atoms with Crippen LogP contribution in [-0.4, -0.2) is 57.0 Å². The molecule has 1 N–H and O–H groups in total. The van der Waals surface area contributed by atoms with Gasteiger partial charge in [-0.2, -0.15) is 0 Å². The number of nitrogens with one attached hydrogen (secondary N) is 1. The third kappa shape index (κ3) is 5.03. The largest absolute Gasteiger partial charge is 0.872 e. The van der Waals surface area contributed by atoms with Gasteiger partial charge < -0.3 is 24.4 Å². The van der Waals surface area contributed by atoms with Gasteiger partial charge in [-0.05, 0) is 37.6 Å². The summed E-state index contributed by atoms with van der Waals surface area (Å²) in [4.78, 5) is 29.2. The number of ether oxygens (including phenoxy) is 2. The molecule has 1 saturated heterocycles. The zero-order chi connectivity index (χ0) is 24.0. The highest BCUT2D eigenvalue weighted by atomic mass is 16.5. The Hall–Kier alpha value is -3.32. The van der Waals surface area contributed by atoms with Gasteiger partial charge in [-0.15, -0.1) is 0 Å². The molecule has 0 spiro atoms. The van der Waals surface area contributed by atoms with Crippen LogP contribution in [0.25, 0.3) is 5.76 Å². The minimum atomic E-state index is -0.838. The second-order valence-corrected chi connectivity index (χ2v) is 8.01. The SMILES string of the molecule is CC[NH+](CC)CCCN1C(=O)C(=O)C(=C([O-])c2ccccc2)C1c1cc(OC)ccc1OC. The van der Waals surface area contributed by atoms with Crippen LogP contribution >= 0.6 is 0 Å². The third-order valence-corrected chi connectivity index (χ3v) is 6.23. The van der Waals surface area contributed by atoms with Crippen molar-refractivity contribution in [3.8, 4) is 11.5 Å². The topological polar surface area (TPSA) is 83.3 Å². The van der Waals surface area contributed by atoms with Crippen molar-refractivity contribution in [2.24, 2.45) is 0 Å². The van der Waals surface area contributed by atoms with Crippen LogP contribution in [0.15, 0.2) is 54.1 Å². The Morgan fingerprint density at radius 1 is 1.03 bits per heavy atom. The maximum atomic E-state index is 13.4. The number of amides is 1. The van der Waals surface area contributed by atoms with E-state index >= 15 is 0 Å². The molecular weight excluding hydrogens is 420 g/mol. The number of hydrogen-bond donors (Lipinski definition) is 1. The molecule has 33 heavy (non-hydrogen) atoms. The fourth-order valence-electron chi connectivity index (χ4n) is 4.33. The summed E-state index contributed by atoms with van der Waals surface area (Å²) in [5.41, 5.74) is 0.883. The number of nitrogens with zero attached hydrogens (tertiary/aromatic N) is 1. The summed E-state index contributed by atoms with van der Waals surface area (Å²) >= 11 is 0. The summed E-state index contributed by atoms with van der Waals surface area (Å²) in [5, 5.41) is 13.4. The first kappa shape index (κ1) is 24.3. The van der Waals surface area contributed by atoms with Crippen molar-refractivity contribution in [2.75, 3.05) is 40.4 Å². The maximum absolute atomic E-state index is 13.4. The summed E-state index contributed by atoms with van der Waals surface area (Å²) in [5.74, 6) is -0.814. The molecule has 1 aliphatic rings. The minimum absolute atomic E-state index is 0.0482. The Balaban J connectivity index is 2.11. The van der Waals surface area contributed by atoms with Crippen LogP contribution in [0.1, 0.15) is 37.4 Å². The lowest BCUT2D eigenvalue weighted by Gasteiger charge is -2.29. The van der Waals surface area contributed by atoms with E-state index in [1.807, 2.05) is 0 Å². The fourth-order valence-corrected chi connectivity index (χ4v) is 4.33. The number of ketones is 1. The van der Waals surface area contributed by atoms with E-state index in [0.29, 0.717) is 35.6 Å². The summed E-state index contributed by atoms with van der Waals surface area (Å²) in [6.45, 7) is 7.45. The van der Waals surface area contributed by atoms with Crippen LogP contribution in [0.2, 0.25) is 0 Å². The van der Waals surface area contributed by atoms with Gasteiger partial charge in [0.1, 0.15) is 11.5 Å². The van der Waals surface area contributed by atoms with E-state index in [9.17, 15) is 14.7 Å². The smallest absolute Gasteiger partial charge is 0.295 e. The molecule has 2 aromatic carbocycles. The van der Waals surface area contributed by atoms with Gasteiger partial charge in [-0.1, -0.05) is 36.1 Å². The average molecular weight is 453 g/mol. The molecule has 1 amide bonds. The Morgan fingerprint density at radius 3 is 2.33 bits per heavy atom.